The van der Waals surface area contributed by atoms with Crippen LogP contribution in [0.3, 0.4) is 0 Å². The Morgan fingerprint density at radius 3 is 2.61 bits per heavy atom. The van der Waals surface area contributed by atoms with Gasteiger partial charge in [0.15, 0.2) is 11.5 Å². The minimum atomic E-state index is -0.0329. The van der Waals surface area contributed by atoms with Gasteiger partial charge in [-0.25, -0.2) is 4.98 Å². The van der Waals surface area contributed by atoms with Crippen LogP contribution in [0.25, 0.3) is 28.0 Å². The van der Waals surface area contributed by atoms with Gasteiger partial charge in [-0.3, -0.25) is 4.79 Å². The number of aromatic nitrogens is 2. The van der Waals surface area contributed by atoms with Crippen LogP contribution in [-0.2, 0) is 17.8 Å². The summed E-state index contributed by atoms with van der Waals surface area (Å²) in [6.07, 6.45) is 2.97. The summed E-state index contributed by atoms with van der Waals surface area (Å²) >= 11 is 6.14. The molecule has 1 N–H and O–H groups in total. The number of aryl methyl sites for hydroxylation is 2. The summed E-state index contributed by atoms with van der Waals surface area (Å²) in [4.78, 5) is 17.8. The molecule has 0 radical (unpaired) electrons. The third kappa shape index (κ3) is 4.95. The lowest BCUT2D eigenvalue weighted by Crippen LogP contribution is -2.23. The molecule has 38 heavy (non-hydrogen) atoms. The zero-order valence-corrected chi connectivity index (χ0v) is 21.7. The molecule has 5 aromatic rings. The molecule has 6 nitrogen and oxygen atoms in total. The minimum absolute atomic E-state index is 0.0329. The monoisotopic (exact) mass is 523 g/mol. The SMILES string of the molecule is Cc1cccc(-c2ccc3nc(-c4ccc(Cl)cc4)c(CCC(=O)NCc4ccc5c(c4)OCO5)n3c2)c1. The van der Waals surface area contributed by atoms with Crippen molar-refractivity contribution in [2.45, 2.75) is 26.3 Å². The van der Waals surface area contributed by atoms with E-state index in [1.807, 2.05) is 48.5 Å². The van der Waals surface area contributed by atoms with Crippen molar-refractivity contribution in [2.75, 3.05) is 6.79 Å². The molecule has 1 aliphatic heterocycles. The van der Waals surface area contributed by atoms with Gasteiger partial charge in [0.1, 0.15) is 5.65 Å². The number of ether oxygens (including phenoxy) is 2. The Bertz CT molecular complexity index is 1640. The molecule has 190 valence electrons. The van der Waals surface area contributed by atoms with Gasteiger partial charge in [0, 0.05) is 29.7 Å². The highest BCUT2D eigenvalue weighted by atomic mass is 35.5. The molecule has 3 heterocycles. The number of rotatable bonds is 7. The van der Waals surface area contributed by atoms with Gasteiger partial charge < -0.3 is 19.2 Å². The summed E-state index contributed by atoms with van der Waals surface area (Å²) < 4.78 is 12.9. The second-order valence-electron chi connectivity index (χ2n) is 9.39. The number of amides is 1. The highest BCUT2D eigenvalue weighted by molar-refractivity contribution is 6.30. The molecule has 0 saturated carbocycles. The predicted molar refractivity (Wildman–Crippen MR) is 149 cm³/mol. The minimum Gasteiger partial charge on any atom is -0.454 e. The van der Waals surface area contributed by atoms with Gasteiger partial charge in [0.2, 0.25) is 12.7 Å². The van der Waals surface area contributed by atoms with Crippen LogP contribution in [0.1, 0.15) is 23.2 Å². The molecule has 3 aromatic carbocycles. The maximum Gasteiger partial charge on any atom is 0.231 e. The Morgan fingerprint density at radius 2 is 1.76 bits per heavy atom. The first kappa shape index (κ1) is 24.1. The smallest absolute Gasteiger partial charge is 0.231 e. The van der Waals surface area contributed by atoms with Crippen molar-refractivity contribution >= 4 is 23.2 Å². The van der Waals surface area contributed by atoms with E-state index >= 15 is 0 Å². The Morgan fingerprint density at radius 1 is 0.947 bits per heavy atom. The van der Waals surface area contributed by atoms with Crippen LogP contribution in [0.5, 0.6) is 11.5 Å². The van der Waals surface area contributed by atoms with E-state index in [0.717, 1.165) is 45.0 Å². The Labute approximate surface area is 225 Å². The van der Waals surface area contributed by atoms with E-state index in [1.54, 1.807) is 0 Å². The normalized spacial score (nSPS) is 12.2. The Kier molecular flexibility index (Phi) is 6.48. The zero-order chi connectivity index (χ0) is 26.1. The van der Waals surface area contributed by atoms with Crippen molar-refractivity contribution in [1.29, 1.82) is 0 Å². The van der Waals surface area contributed by atoms with E-state index < -0.39 is 0 Å². The van der Waals surface area contributed by atoms with E-state index in [9.17, 15) is 4.79 Å². The number of halogens is 1. The maximum atomic E-state index is 12.9. The molecule has 7 heteroatoms. The fourth-order valence-electron chi connectivity index (χ4n) is 4.74. The molecule has 2 aromatic heterocycles. The van der Waals surface area contributed by atoms with Crippen molar-refractivity contribution in [3.63, 3.8) is 0 Å². The molecule has 0 bridgehead atoms. The summed E-state index contributed by atoms with van der Waals surface area (Å²) in [6, 6.07) is 25.9. The first-order valence-corrected chi connectivity index (χ1v) is 12.9. The fraction of sp³-hybridized carbons (Fsp3) is 0.161. The van der Waals surface area contributed by atoms with Crippen molar-refractivity contribution in [2.24, 2.45) is 0 Å². The van der Waals surface area contributed by atoms with Gasteiger partial charge in [-0.1, -0.05) is 59.6 Å². The van der Waals surface area contributed by atoms with Crippen LogP contribution in [0, 0.1) is 6.92 Å². The number of benzene rings is 3. The average Bonchev–Trinajstić information content (AvgIpc) is 3.55. The lowest BCUT2D eigenvalue weighted by Gasteiger charge is -2.09. The molecule has 0 fully saturated rings. The number of hydrogen-bond donors (Lipinski definition) is 1. The van der Waals surface area contributed by atoms with E-state index in [2.05, 4.69) is 53.2 Å². The number of carbonyl (C=O) groups is 1. The molecule has 1 aliphatic rings. The molecule has 0 saturated heterocycles. The van der Waals surface area contributed by atoms with Crippen molar-refractivity contribution < 1.29 is 14.3 Å². The predicted octanol–water partition coefficient (Wildman–Crippen LogP) is 6.61. The first-order valence-electron chi connectivity index (χ1n) is 12.5. The first-order chi connectivity index (χ1) is 18.5. The number of imidazole rings is 1. The fourth-order valence-corrected chi connectivity index (χ4v) is 4.86. The summed E-state index contributed by atoms with van der Waals surface area (Å²) in [5, 5.41) is 3.70. The van der Waals surface area contributed by atoms with Crippen LogP contribution in [0.15, 0.2) is 85.1 Å². The van der Waals surface area contributed by atoms with Gasteiger partial charge in [-0.05, 0) is 66.4 Å². The Balaban J connectivity index is 1.27. The molecule has 6 rings (SSSR count). The summed E-state index contributed by atoms with van der Waals surface area (Å²) in [5.74, 6) is 1.40. The molecule has 0 aliphatic carbocycles. The number of carbonyl (C=O) groups excluding carboxylic acids is 1. The van der Waals surface area contributed by atoms with E-state index in [4.69, 9.17) is 26.1 Å². The number of fused-ring (bicyclic) bond motifs is 2. The van der Waals surface area contributed by atoms with Crippen LogP contribution >= 0.6 is 11.6 Å². The van der Waals surface area contributed by atoms with Gasteiger partial charge in [-0.15, -0.1) is 0 Å². The van der Waals surface area contributed by atoms with Gasteiger partial charge in [0.25, 0.3) is 0 Å². The van der Waals surface area contributed by atoms with Crippen LogP contribution in [0.2, 0.25) is 5.02 Å². The van der Waals surface area contributed by atoms with E-state index in [1.165, 1.54) is 5.56 Å². The third-order valence-corrected chi connectivity index (χ3v) is 6.95. The third-order valence-electron chi connectivity index (χ3n) is 6.70. The quantitative estimate of drug-likeness (QED) is 0.261. The number of nitrogens with zero attached hydrogens (tertiary/aromatic N) is 2. The second kappa shape index (κ2) is 10.2. The lowest BCUT2D eigenvalue weighted by atomic mass is 10.0. The number of nitrogens with one attached hydrogen (secondary N) is 1. The molecular formula is C31H26ClN3O3. The molecular weight excluding hydrogens is 498 g/mol. The van der Waals surface area contributed by atoms with Gasteiger partial charge in [0.05, 0.1) is 11.4 Å². The highest BCUT2D eigenvalue weighted by Crippen LogP contribution is 2.33. The van der Waals surface area contributed by atoms with E-state index in [0.29, 0.717) is 30.2 Å². The van der Waals surface area contributed by atoms with Crippen LogP contribution in [0.4, 0.5) is 0 Å². The van der Waals surface area contributed by atoms with Crippen molar-refractivity contribution in [3.05, 3.63) is 107 Å². The maximum absolute atomic E-state index is 12.9. The summed E-state index contributed by atoms with van der Waals surface area (Å²) in [7, 11) is 0. The molecule has 0 atom stereocenters. The molecule has 0 spiro atoms. The van der Waals surface area contributed by atoms with Crippen molar-refractivity contribution in [3.8, 4) is 33.9 Å². The van der Waals surface area contributed by atoms with Gasteiger partial charge in [-0.2, -0.15) is 0 Å². The standard InChI is InChI=1S/C31H26ClN3O3/c1-20-3-2-4-23(15-20)24-8-13-29-34-31(22-6-9-25(32)10-7-22)26(35(29)18-24)11-14-30(36)33-17-21-5-12-27-28(16-21)38-19-37-27/h2-10,12-13,15-16,18H,11,14,17,19H2,1H3,(H,33,36). The van der Waals surface area contributed by atoms with Crippen molar-refractivity contribution in [1.82, 2.24) is 14.7 Å². The Hall–Kier alpha value is -4.29. The largest absolute Gasteiger partial charge is 0.454 e. The number of hydrogen-bond acceptors (Lipinski definition) is 4. The van der Waals surface area contributed by atoms with Crippen LogP contribution < -0.4 is 14.8 Å². The van der Waals surface area contributed by atoms with Gasteiger partial charge >= 0.3 is 0 Å². The van der Waals surface area contributed by atoms with E-state index in [-0.39, 0.29) is 12.7 Å². The summed E-state index contributed by atoms with van der Waals surface area (Å²) in [5.41, 5.74) is 8.03. The lowest BCUT2D eigenvalue weighted by molar-refractivity contribution is -0.121. The number of pyridine rings is 1. The topological polar surface area (TPSA) is 64.9 Å². The zero-order valence-electron chi connectivity index (χ0n) is 20.9. The van der Waals surface area contributed by atoms with Crippen LogP contribution in [-0.4, -0.2) is 22.1 Å². The highest BCUT2D eigenvalue weighted by Gasteiger charge is 2.17. The molecule has 0 unspecified atom stereocenters. The second-order valence-corrected chi connectivity index (χ2v) is 9.83. The average molecular weight is 524 g/mol. The summed E-state index contributed by atoms with van der Waals surface area (Å²) in [6.45, 7) is 2.74. The molecule has 1 amide bonds.